The van der Waals surface area contributed by atoms with E-state index in [1.54, 1.807) is 29.3 Å². The van der Waals surface area contributed by atoms with Crippen molar-refractivity contribution < 1.29 is 14.3 Å². The molecule has 1 atom stereocenters. The Balaban J connectivity index is 1.82. The van der Waals surface area contributed by atoms with Gasteiger partial charge in [-0.3, -0.25) is 9.78 Å². The van der Waals surface area contributed by atoms with Crippen LogP contribution < -0.4 is 4.90 Å². The van der Waals surface area contributed by atoms with E-state index in [2.05, 4.69) is 17.1 Å². The van der Waals surface area contributed by atoms with E-state index in [9.17, 15) is 9.59 Å². The number of anilines is 1. The molecule has 0 radical (unpaired) electrons. The van der Waals surface area contributed by atoms with Crippen LogP contribution >= 0.6 is 0 Å². The van der Waals surface area contributed by atoms with E-state index in [4.69, 9.17) is 4.74 Å². The Morgan fingerprint density at radius 3 is 2.78 bits per heavy atom. The lowest BCUT2D eigenvalue weighted by molar-refractivity contribution is 0.0600. The van der Waals surface area contributed by atoms with Crippen LogP contribution in [0.25, 0.3) is 0 Å². The number of methoxy groups -OCH3 is 1. The van der Waals surface area contributed by atoms with E-state index >= 15 is 0 Å². The molecule has 1 amide bonds. The Labute approximate surface area is 158 Å². The number of hydrogen-bond donors (Lipinski definition) is 0. The van der Waals surface area contributed by atoms with Gasteiger partial charge in [0.05, 0.1) is 12.7 Å². The van der Waals surface area contributed by atoms with Gasteiger partial charge in [-0.25, -0.2) is 4.79 Å². The number of carbonyl (C=O) groups is 2. The van der Waals surface area contributed by atoms with Crippen molar-refractivity contribution in [2.45, 2.75) is 31.1 Å². The van der Waals surface area contributed by atoms with E-state index in [1.807, 2.05) is 18.2 Å². The summed E-state index contributed by atoms with van der Waals surface area (Å²) in [6, 6.07) is 10.8. The minimum Gasteiger partial charge on any atom is -0.465 e. The number of nitrogens with zero attached hydrogens (tertiary/aromatic N) is 2. The van der Waals surface area contributed by atoms with E-state index < -0.39 is 0 Å². The van der Waals surface area contributed by atoms with Gasteiger partial charge in [0.2, 0.25) is 0 Å². The molecule has 5 nitrogen and oxygen atoms in total. The normalized spacial score (nSPS) is 21.0. The van der Waals surface area contributed by atoms with Gasteiger partial charge in [-0.05, 0) is 61.6 Å². The van der Waals surface area contributed by atoms with Crippen molar-refractivity contribution in [1.82, 2.24) is 4.98 Å². The molecule has 4 rings (SSSR count). The van der Waals surface area contributed by atoms with Gasteiger partial charge < -0.3 is 9.64 Å². The predicted octanol–water partition coefficient (Wildman–Crippen LogP) is 3.90. The van der Waals surface area contributed by atoms with Gasteiger partial charge in [-0.2, -0.15) is 0 Å². The summed E-state index contributed by atoms with van der Waals surface area (Å²) in [5.41, 5.74) is 2.70. The summed E-state index contributed by atoms with van der Waals surface area (Å²) in [4.78, 5) is 31.1. The van der Waals surface area contributed by atoms with Gasteiger partial charge in [-0.1, -0.05) is 18.2 Å². The van der Waals surface area contributed by atoms with Crippen LogP contribution in [-0.2, 0) is 10.2 Å². The molecule has 1 spiro atoms. The summed E-state index contributed by atoms with van der Waals surface area (Å²) in [6.45, 7) is 0.629. The fourth-order valence-electron chi connectivity index (χ4n) is 4.18. The van der Waals surface area contributed by atoms with Crippen molar-refractivity contribution in [2.75, 3.05) is 18.6 Å². The average Bonchev–Trinajstić information content (AvgIpc) is 2.74. The number of amides is 1. The van der Waals surface area contributed by atoms with Crippen molar-refractivity contribution in [3.63, 3.8) is 0 Å². The standard InChI is InChI=1S/C22H22N2O3/c1-27-21(26)16-8-9-19-17(15-16)22(10-4-2-5-11-22)12-14-24(19)20(25)18-7-3-6-13-23-18/h3-4,6-10,13,15H,2,5,11-12,14H2,1H3. The SMILES string of the molecule is COC(=O)c1ccc2c(c1)C1(C=CCCC1)CCN2C(=O)c1ccccn1. The monoisotopic (exact) mass is 362 g/mol. The minimum absolute atomic E-state index is 0.114. The Morgan fingerprint density at radius 1 is 1.19 bits per heavy atom. The number of aromatic nitrogens is 1. The highest BCUT2D eigenvalue weighted by Crippen LogP contribution is 2.46. The van der Waals surface area contributed by atoms with Crippen LogP contribution in [0.2, 0.25) is 0 Å². The Hall–Kier alpha value is -2.95. The zero-order valence-electron chi connectivity index (χ0n) is 15.4. The fourth-order valence-corrected chi connectivity index (χ4v) is 4.18. The van der Waals surface area contributed by atoms with Gasteiger partial charge in [0, 0.05) is 23.8 Å². The highest BCUT2D eigenvalue weighted by molar-refractivity contribution is 6.06. The molecule has 0 N–H and O–H groups in total. The molecule has 2 heterocycles. The third-order valence-electron chi connectivity index (χ3n) is 5.59. The highest BCUT2D eigenvalue weighted by atomic mass is 16.5. The van der Waals surface area contributed by atoms with Crippen LogP contribution in [0.3, 0.4) is 0 Å². The molecule has 0 fully saturated rings. The largest absolute Gasteiger partial charge is 0.465 e. The fraction of sp³-hybridized carbons (Fsp3) is 0.318. The van der Waals surface area contributed by atoms with Gasteiger partial charge in [-0.15, -0.1) is 0 Å². The first kappa shape index (κ1) is 17.5. The summed E-state index contributed by atoms with van der Waals surface area (Å²) in [7, 11) is 1.38. The molecular formula is C22H22N2O3. The third kappa shape index (κ3) is 3.03. The molecule has 138 valence electrons. The van der Waals surface area contributed by atoms with Crippen LogP contribution in [0.1, 0.15) is 52.1 Å². The zero-order valence-corrected chi connectivity index (χ0v) is 15.4. The maximum atomic E-state index is 13.1. The van der Waals surface area contributed by atoms with Crippen molar-refractivity contribution in [2.24, 2.45) is 0 Å². The molecule has 27 heavy (non-hydrogen) atoms. The van der Waals surface area contributed by atoms with Crippen LogP contribution in [0.4, 0.5) is 5.69 Å². The lowest BCUT2D eigenvalue weighted by Gasteiger charge is -2.43. The Kier molecular flexibility index (Phi) is 4.52. The number of rotatable bonds is 2. The number of ether oxygens (including phenoxy) is 1. The number of pyridine rings is 1. The van der Waals surface area contributed by atoms with E-state index in [1.165, 1.54) is 7.11 Å². The van der Waals surface area contributed by atoms with Crippen molar-refractivity contribution in [3.05, 3.63) is 71.6 Å². The first-order chi connectivity index (χ1) is 13.1. The van der Waals surface area contributed by atoms with E-state index in [0.29, 0.717) is 17.8 Å². The molecule has 2 aromatic rings. The topological polar surface area (TPSA) is 59.5 Å². The molecular weight excluding hydrogens is 340 g/mol. The molecule has 1 aromatic heterocycles. The summed E-state index contributed by atoms with van der Waals surface area (Å²) < 4.78 is 4.90. The van der Waals surface area contributed by atoms with Crippen LogP contribution in [0.15, 0.2) is 54.7 Å². The van der Waals surface area contributed by atoms with Crippen LogP contribution in [0.5, 0.6) is 0 Å². The predicted molar refractivity (Wildman–Crippen MR) is 103 cm³/mol. The molecule has 1 unspecified atom stereocenters. The summed E-state index contributed by atoms with van der Waals surface area (Å²) >= 11 is 0. The molecule has 0 saturated heterocycles. The summed E-state index contributed by atoms with van der Waals surface area (Å²) in [5, 5.41) is 0. The second-order valence-electron chi connectivity index (χ2n) is 7.10. The molecule has 1 aromatic carbocycles. The van der Waals surface area contributed by atoms with Crippen molar-refractivity contribution in [1.29, 1.82) is 0 Å². The number of carbonyl (C=O) groups excluding carboxylic acids is 2. The Morgan fingerprint density at radius 2 is 2.07 bits per heavy atom. The maximum absolute atomic E-state index is 13.1. The van der Waals surface area contributed by atoms with Gasteiger partial charge >= 0.3 is 5.97 Å². The molecule has 2 aliphatic rings. The van der Waals surface area contributed by atoms with Gasteiger partial charge in [0.25, 0.3) is 5.91 Å². The molecule has 1 aliphatic carbocycles. The van der Waals surface area contributed by atoms with E-state index in [-0.39, 0.29) is 17.3 Å². The first-order valence-corrected chi connectivity index (χ1v) is 9.28. The second kappa shape index (κ2) is 6.99. The Bertz CT molecular complexity index is 907. The quantitative estimate of drug-likeness (QED) is 0.601. The summed E-state index contributed by atoms with van der Waals surface area (Å²) in [6.07, 6.45) is 10.1. The number of allylic oxidation sites excluding steroid dienone is 2. The average molecular weight is 362 g/mol. The highest BCUT2D eigenvalue weighted by Gasteiger charge is 2.40. The molecule has 0 bridgehead atoms. The maximum Gasteiger partial charge on any atom is 0.337 e. The van der Waals surface area contributed by atoms with Crippen molar-refractivity contribution >= 4 is 17.6 Å². The third-order valence-corrected chi connectivity index (χ3v) is 5.59. The van der Waals surface area contributed by atoms with Crippen LogP contribution in [-0.4, -0.2) is 30.5 Å². The van der Waals surface area contributed by atoms with Crippen molar-refractivity contribution in [3.8, 4) is 0 Å². The lowest BCUT2D eigenvalue weighted by atomic mass is 9.68. The molecule has 1 aliphatic heterocycles. The lowest BCUT2D eigenvalue weighted by Crippen LogP contribution is -2.43. The van der Waals surface area contributed by atoms with Gasteiger partial charge in [0.15, 0.2) is 0 Å². The van der Waals surface area contributed by atoms with E-state index in [0.717, 1.165) is 36.9 Å². The summed E-state index contributed by atoms with van der Waals surface area (Å²) in [5.74, 6) is -0.474. The minimum atomic E-state index is -0.360. The second-order valence-corrected chi connectivity index (χ2v) is 7.10. The number of hydrogen-bond acceptors (Lipinski definition) is 4. The van der Waals surface area contributed by atoms with Crippen LogP contribution in [0, 0.1) is 0 Å². The number of fused-ring (bicyclic) bond motifs is 2. The molecule has 0 saturated carbocycles. The first-order valence-electron chi connectivity index (χ1n) is 9.28. The number of benzene rings is 1. The zero-order chi connectivity index (χ0) is 18.9. The smallest absolute Gasteiger partial charge is 0.337 e. The van der Waals surface area contributed by atoms with Gasteiger partial charge in [0.1, 0.15) is 5.69 Å². The number of esters is 1. The molecule has 5 heteroatoms.